The Morgan fingerprint density at radius 1 is 0.976 bits per heavy atom. The maximum absolute atomic E-state index is 13.5. The van der Waals surface area contributed by atoms with Gasteiger partial charge in [-0.1, -0.05) is 48.5 Å². The molecule has 1 aliphatic rings. The topological polar surface area (TPSA) is 143 Å². The molecule has 1 aromatic heterocycles. The van der Waals surface area contributed by atoms with Gasteiger partial charge in [-0.05, 0) is 48.6 Å². The fourth-order valence-electron chi connectivity index (χ4n) is 4.77. The van der Waals surface area contributed by atoms with Crippen LogP contribution in [0.15, 0.2) is 72.8 Å². The number of methoxy groups -OCH3 is 1. The van der Waals surface area contributed by atoms with E-state index in [1.165, 1.54) is 4.90 Å². The number of likely N-dealkylation sites (tertiary alicyclic amines) is 1. The van der Waals surface area contributed by atoms with Crippen LogP contribution in [-0.4, -0.2) is 66.5 Å². The summed E-state index contributed by atoms with van der Waals surface area (Å²) in [6.45, 7) is 1.11. The molecule has 0 spiro atoms. The Bertz CT molecular complexity index is 1640. The quantitative estimate of drug-likeness (QED) is 0.237. The Labute approximate surface area is 244 Å². The van der Waals surface area contributed by atoms with Crippen LogP contribution in [-0.2, 0) is 32.5 Å². The third-order valence-electron chi connectivity index (χ3n) is 7.08. The Hall–Kier alpha value is -4.42. The largest absolute Gasteiger partial charge is 0.508 e. The molecule has 1 aliphatic heterocycles. The first-order chi connectivity index (χ1) is 20.3. The van der Waals surface area contributed by atoms with Crippen LogP contribution in [0.5, 0.6) is 5.75 Å². The minimum atomic E-state index is -3.90. The molecular formula is C30H33N5O6S. The lowest BCUT2D eigenvalue weighted by Gasteiger charge is -2.31. The lowest BCUT2D eigenvalue weighted by Crippen LogP contribution is -2.44. The summed E-state index contributed by atoms with van der Waals surface area (Å²) in [4.78, 5) is 23.3. The van der Waals surface area contributed by atoms with Crippen molar-refractivity contribution in [1.82, 2.24) is 14.9 Å². The number of benzene rings is 3. The number of sulfonamides is 1. The summed E-state index contributed by atoms with van der Waals surface area (Å²) >= 11 is 0. The van der Waals surface area contributed by atoms with Crippen LogP contribution in [0.4, 0.5) is 22.1 Å². The normalized spacial score (nSPS) is 14.1. The molecule has 5 rings (SSSR count). The molecular weight excluding hydrogens is 558 g/mol. The minimum absolute atomic E-state index is 0.0411. The first-order valence-corrected chi connectivity index (χ1v) is 15.2. The third-order valence-corrected chi connectivity index (χ3v) is 8.90. The van der Waals surface area contributed by atoms with Gasteiger partial charge in [0.2, 0.25) is 10.0 Å². The van der Waals surface area contributed by atoms with Gasteiger partial charge in [0, 0.05) is 32.0 Å². The molecule has 4 aromatic rings. The van der Waals surface area contributed by atoms with Crippen LogP contribution >= 0.6 is 0 Å². The molecule has 1 saturated heterocycles. The van der Waals surface area contributed by atoms with Crippen molar-refractivity contribution in [1.29, 1.82) is 0 Å². The Morgan fingerprint density at radius 2 is 1.64 bits per heavy atom. The number of ether oxygens (including phenoxy) is 2. The zero-order chi connectivity index (χ0) is 29.5. The van der Waals surface area contributed by atoms with Crippen molar-refractivity contribution in [2.45, 2.75) is 31.1 Å². The van der Waals surface area contributed by atoms with Crippen molar-refractivity contribution < 1.29 is 27.8 Å². The number of aromatic hydroxyl groups is 1. The van der Waals surface area contributed by atoms with Crippen LogP contribution in [0.1, 0.15) is 24.0 Å². The standard InChI is InChI=1S/C30H33N5O6S/c1-40-18-15-22-11-12-23(36)19-27(22)33-28-29(32-26-10-6-5-9-25(26)31-28)34-42(38,39)24-13-16-35(17-14-24)30(37)41-20-21-7-3-2-4-8-21/h2-12,19,24,36H,13-18,20H2,1H3,(H,31,33)(H,32,34). The van der Waals surface area contributed by atoms with E-state index in [1.54, 1.807) is 43.5 Å². The van der Waals surface area contributed by atoms with E-state index in [0.29, 0.717) is 29.7 Å². The van der Waals surface area contributed by atoms with E-state index in [9.17, 15) is 18.3 Å². The highest BCUT2D eigenvalue weighted by Gasteiger charge is 2.33. The number of nitrogens with one attached hydrogen (secondary N) is 2. The predicted octanol–water partition coefficient (Wildman–Crippen LogP) is 4.81. The van der Waals surface area contributed by atoms with Gasteiger partial charge in [-0.25, -0.2) is 23.2 Å². The Balaban J connectivity index is 1.31. The first kappa shape index (κ1) is 29.1. The molecule has 0 bridgehead atoms. The molecule has 3 aromatic carbocycles. The van der Waals surface area contributed by atoms with Crippen LogP contribution in [0, 0.1) is 0 Å². The number of phenolic OH excluding ortho intramolecular Hbond substituents is 1. The molecule has 0 unspecified atom stereocenters. The smallest absolute Gasteiger partial charge is 0.410 e. The number of piperidine rings is 1. The number of nitrogens with zero attached hydrogens (tertiary/aromatic N) is 3. The second-order valence-corrected chi connectivity index (χ2v) is 12.0. The fraction of sp³-hybridized carbons (Fsp3) is 0.300. The molecule has 1 amide bonds. The van der Waals surface area contributed by atoms with Gasteiger partial charge in [0.1, 0.15) is 12.4 Å². The van der Waals surface area contributed by atoms with E-state index in [4.69, 9.17) is 9.47 Å². The lowest BCUT2D eigenvalue weighted by atomic mass is 10.1. The molecule has 0 saturated carbocycles. The Morgan fingerprint density at radius 3 is 2.33 bits per heavy atom. The van der Waals surface area contributed by atoms with Crippen LogP contribution in [0.25, 0.3) is 11.0 Å². The zero-order valence-electron chi connectivity index (χ0n) is 23.2. The number of phenols is 1. The summed E-state index contributed by atoms with van der Waals surface area (Å²) in [6.07, 6.45) is 0.582. The SMILES string of the molecule is COCCc1ccc(O)cc1Nc1nc2ccccc2nc1NS(=O)(=O)C1CCN(C(=O)OCc2ccccc2)CC1. The van der Waals surface area contributed by atoms with Gasteiger partial charge in [-0.3, -0.25) is 4.72 Å². The van der Waals surface area contributed by atoms with Gasteiger partial charge in [0.15, 0.2) is 11.6 Å². The second-order valence-electron chi connectivity index (χ2n) is 9.99. The number of aromatic nitrogens is 2. The highest BCUT2D eigenvalue weighted by molar-refractivity contribution is 7.93. The molecule has 0 radical (unpaired) electrons. The average Bonchev–Trinajstić information content (AvgIpc) is 3.00. The Kier molecular flexibility index (Phi) is 9.03. The van der Waals surface area contributed by atoms with Gasteiger partial charge in [0.25, 0.3) is 0 Å². The molecule has 12 heteroatoms. The number of amides is 1. The van der Waals surface area contributed by atoms with E-state index >= 15 is 0 Å². The summed E-state index contributed by atoms with van der Waals surface area (Å²) in [5, 5.41) is 12.6. The molecule has 2 heterocycles. The molecule has 42 heavy (non-hydrogen) atoms. The van der Waals surface area contributed by atoms with E-state index < -0.39 is 21.4 Å². The van der Waals surface area contributed by atoms with Gasteiger partial charge in [-0.2, -0.15) is 0 Å². The van der Waals surface area contributed by atoms with Crippen molar-refractivity contribution in [2.75, 3.05) is 36.8 Å². The summed E-state index contributed by atoms with van der Waals surface area (Å²) in [5.74, 6) is 0.284. The molecule has 1 fully saturated rings. The number of rotatable bonds is 10. The maximum atomic E-state index is 13.5. The van der Waals surface area contributed by atoms with E-state index in [1.807, 2.05) is 36.4 Å². The molecule has 0 aliphatic carbocycles. The van der Waals surface area contributed by atoms with Gasteiger partial charge in [-0.15, -0.1) is 0 Å². The summed E-state index contributed by atoms with van der Waals surface area (Å²) in [5.41, 5.74) is 3.38. The molecule has 0 atom stereocenters. The highest BCUT2D eigenvalue weighted by Crippen LogP contribution is 2.31. The van der Waals surface area contributed by atoms with Crippen LogP contribution in [0.2, 0.25) is 0 Å². The summed E-state index contributed by atoms with van der Waals surface area (Å²) < 4.78 is 40.4. The van der Waals surface area contributed by atoms with Crippen molar-refractivity contribution in [2.24, 2.45) is 0 Å². The van der Waals surface area contributed by atoms with Crippen molar-refractivity contribution >= 4 is 44.5 Å². The number of fused-ring (bicyclic) bond motifs is 1. The fourth-order valence-corrected chi connectivity index (χ4v) is 6.18. The number of carbonyl (C=O) groups is 1. The van der Waals surface area contributed by atoms with Crippen LogP contribution < -0.4 is 10.0 Å². The number of hydrogen-bond donors (Lipinski definition) is 3. The van der Waals surface area contributed by atoms with Crippen molar-refractivity contribution in [3.8, 4) is 5.75 Å². The van der Waals surface area contributed by atoms with E-state index in [-0.39, 0.29) is 49.9 Å². The molecule has 220 valence electrons. The monoisotopic (exact) mass is 591 g/mol. The number of hydrogen-bond acceptors (Lipinski definition) is 9. The van der Waals surface area contributed by atoms with Crippen molar-refractivity contribution in [3.05, 3.63) is 83.9 Å². The van der Waals surface area contributed by atoms with Gasteiger partial charge < -0.3 is 24.8 Å². The predicted molar refractivity (Wildman–Crippen MR) is 160 cm³/mol. The number of carbonyl (C=O) groups excluding carboxylic acids is 1. The minimum Gasteiger partial charge on any atom is -0.508 e. The first-order valence-electron chi connectivity index (χ1n) is 13.6. The highest BCUT2D eigenvalue weighted by atomic mass is 32.2. The molecule has 11 nitrogen and oxygen atoms in total. The summed E-state index contributed by atoms with van der Waals surface area (Å²) in [7, 11) is -2.29. The van der Waals surface area contributed by atoms with Gasteiger partial charge >= 0.3 is 6.09 Å². The van der Waals surface area contributed by atoms with Gasteiger partial charge in [0.05, 0.1) is 22.9 Å². The summed E-state index contributed by atoms with van der Waals surface area (Å²) in [6, 6.07) is 21.4. The van der Waals surface area contributed by atoms with E-state index in [0.717, 1.165) is 11.1 Å². The molecule has 3 N–H and O–H groups in total. The van der Waals surface area contributed by atoms with Crippen LogP contribution in [0.3, 0.4) is 0 Å². The number of anilines is 3. The average molecular weight is 592 g/mol. The third kappa shape index (κ3) is 7.07. The second kappa shape index (κ2) is 13.0. The lowest BCUT2D eigenvalue weighted by molar-refractivity contribution is 0.0897. The maximum Gasteiger partial charge on any atom is 0.410 e. The van der Waals surface area contributed by atoms with Crippen molar-refractivity contribution in [3.63, 3.8) is 0 Å². The number of para-hydroxylation sites is 2. The zero-order valence-corrected chi connectivity index (χ0v) is 24.0. The van der Waals surface area contributed by atoms with E-state index in [2.05, 4.69) is 20.0 Å².